The van der Waals surface area contributed by atoms with Gasteiger partial charge in [0.15, 0.2) is 0 Å². The zero-order valence-corrected chi connectivity index (χ0v) is 26.4. The number of halogens is 1. The second-order valence-corrected chi connectivity index (χ2v) is 13.0. The molecule has 40 heavy (non-hydrogen) atoms. The van der Waals surface area contributed by atoms with E-state index in [9.17, 15) is 14.4 Å². The number of unbranched alkanes of at least 4 members (excludes halogenated alkanes) is 9. The topological polar surface area (TPSA) is 76.2 Å². The lowest BCUT2D eigenvalue weighted by Gasteiger charge is -2.41. The molecule has 1 aliphatic heterocycles. The molecule has 2 rings (SSSR count). The molecular weight excluding hydrogens is 548 g/mol. The van der Waals surface area contributed by atoms with E-state index in [1.807, 2.05) is 30.3 Å². The molecule has 1 heterocycles. The second-order valence-electron chi connectivity index (χ2n) is 11.6. The van der Waals surface area contributed by atoms with Crippen molar-refractivity contribution >= 4 is 39.9 Å². The SMILES string of the molecule is CCCCCCCCCCCCSC(=O)[C@@H]1CC[C@@H](N(OCc2ccccc2)C(=O)Cl)CN1C(=O)OC(C)(C)C. The van der Waals surface area contributed by atoms with Gasteiger partial charge < -0.3 is 4.74 Å². The molecule has 0 spiro atoms. The van der Waals surface area contributed by atoms with E-state index in [0.717, 1.165) is 29.2 Å². The molecule has 1 aromatic rings. The van der Waals surface area contributed by atoms with Crippen molar-refractivity contribution < 1.29 is 24.0 Å². The first kappa shape index (κ1) is 34.4. The zero-order chi connectivity index (χ0) is 29.4. The number of rotatable bonds is 16. The summed E-state index contributed by atoms with van der Waals surface area (Å²) in [6, 6.07) is 8.37. The minimum absolute atomic E-state index is 0.0332. The normalized spacial score (nSPS) is 17.5. The maximum atomic E-state index is 13.2. The molecule has 1 saturated heterocycles. The van der Waals surface area contributed by atoms with Crippen LogP contribution in [0, 0.1) is 0 Å². The first-order valence-corrected chi connectivity index (χ1v) is 16.3. The molecule has 1 fully saturated rings. The Bertz CT molecular complexity index is 895. The van der Waals surface area contributed by atoms with Gasteiger partial charge in [-0.15, -0.1) is 0 Å². The van der Waals surface area contributed by atoms with Gasteiger partial charge in [-0.3, -0.25) is 19.3 Å². The average Bonchev–Trinajstić information content (AvgIpc) is 2.91. The largest absolute Gasteiger partial charge is 0.444 e. The van der Waals surface area contributed by atoms with E-state index in [0.29, 0.717) is 12.8 Å². The molecular formula is C31H49ClN2O5S. The van der Waals surface area contributed by atoms with Gasteiger partial charge in [0.2, 0.25) is 5.12 Å². The third-order valence-corrected chi connectivity index (χ3v) is 8.13. The number of benzene rings is 1. The standard InChI is InChI=1S/C31H49ClN2O5S/c1-5-6-7-8-9-10-11-12-13-17-22-40-28(35)27-21-20-26(23-33(27)30(37)39-31(2,3)4)34(29(32)36)38-24-25-18-15-14-16-19-25/h14-16,18-19,26-27H,5-13,17,20-24H2,1-4H3/t26-,27+/m1/s1. The number of amides is 2. The number of hydroxylamine groups is 2. The highest BCUT2D eigenvalue weighted by Crippen LogP contribution is 2.28. The number of hydrogen-bond acceptors (Lipinski definition) is 6. The molecule has 7 nitrogen and oxygen atoms in total. The molecule has 2 amide bonds. The summed E-state index contributed by atoms with van der Waals surface area (Å²) in [5.74, 6) is 0.740. The molecule has 9 heteroatoms. The average molecular weight is 597 g/mol. The summed E-state index contributed by atoms with van der Waals surface area (Å²) in [6.07, 6.45) is 12.8. The molecule has 0 radical (unpaired) electrons. The lowest BCUT2D eigenvalue weighted by Crippen LogP contribution is -2.57. The van der Waals surface area contributed by atoms with Crippen molar-refractivity contribution in [2.45, 2.75) is 129 Å². The molecule has 0 aliphatic carbocycles. The molecule has 0 saturated carbocycles. The Morgan fingerprint density at radius 1 is 0.950 bits per heavy atom. The van der Waals surface area contributed by atoms with E-state index in [4.69, 9.17) is 21.2 Å². The van der Waals surface area contributed by atoms with Crippen molar-refractivity contribution in [3.8, 4) is 0 Å². The molecule has 2 atom stereocenters. The third kappa shape index (κ3) is 13.3. The van der Waals surface area contributed by atoms with E-state index in [1.165, 1.54) is 68.0 Å². The summed E-state index contributed by atoms with van der Waals surface area (Å²) in [6.45, 7) is 7.89. The maximum Gasteiger partial charge on any atom is 0.411 e. The van der Waals surface area contributed by atoms with Crippen molar-refractivity contribution in [3.05, 3.63) is 35.9 Å². The molecule has 1 aliphatic rings. The predicted molar refractivity (Wildman–Crippen MR) is 163 cm³/mol. The highest BCUT2D eigenvalue weighted by atomic mass is 35.5. The van der Waals surface area contributed by atoms with Gasteiger partial charge in [-0.1, -0.05) is 107 Å². The van der Waals surface area contributed by atoms with Crippen LogP contribution in [-0.2, 0) is 21.0 Å². The van der Waals surface area contributed by atoms with Crippen molar-refractivity contribution in [1.29, 1.82) is 0 Å². The molecule has 0 unspecified atom stereocenters. The molecule has 0 N–H and O–H groups in total. The first-order valence-electron chi connectivity index (χ1n) is 14.9. The van der Waals surface area contributed by atoms with Gasteiger partial charge in [0.1, 0.15) is 18.2 Å². The quantitative estimate of drug-likeness (QED) is 0.0822. The van der Waals surface area contributed by atoms with E-state index in [2.05, 4.69) is 6.92 Å². The lowest BCUT2D eigenvalue weighted by molar-refractivity contribution is -0.161. The Balaban J connectivity index is 1.89. The number of ether oxygens (including phenoxy) is 1. The minimum Gasteiger partial charge on any atom is -0.444 e. The van der Waals surface area contributed by atoms with Gasteiger partial charge in [0.05, 0.1) is 6.04 Å². The van der Waals surface area contributed by atoms with Crippen LogP contribution in [0.25, 0.3) is 0 Å². The summed E-state index contributed by atoms with van der Waals surface area (Å²) in [7, 11) is 0. The summed E-state index contributed by atoms with van der Waals surface area (Å²) in [5.41, 5.74) is 0.175. The minimum atomic E-state index is -0.759. The number of nitrogens with zero attached hydrogens (tertiary/aromatic N) is 2. The van der Waals surface area contributed by atoms with Crippen LogP contribution in [-0.4, -0.2) is 56.5 Å². The molecule has 1 aromatic carbocycles. The van der Waals surface area contributed by atoms with Crippen LogP contribution in [0.4, 0.5) is 9.59 Å². The Morgan fingerprint density at radius 3 is 2.12 bits per heavy atom. The monoisotopic (exact) mass is 596 g/mol. The number of piperidine rings is 1. The van der Waals surface area contributed by atoms with Crippen LogP contribution in [0.3, 0.4) is 0 Å². The zero-order valence-electron chi connectivity index (χ0n) is 24.9. The molecule has 226 valence electrons. The van der Waals surface area contributed by atoms with E-state index >= 15 is 0 Å². The molecule has 0 bridgehead atoms. The maximum absolute atomic E-state index is 13.2. The smallest absolute Gasteiger partial charge is 0.411 e. The lowest BCUT2D eigenvalue weighted by atomic mass is 9.99. The Morgan fingerprint density at radius 2 is 1.55 bits per heavy atom. The van der Waals surface area contributed by atoms with Gasteiger partial charge in [-0.05, 0) is 57.2 Å². The van der Waals surface area contributed by atoms with Crippen LogP contribution in [0.1, 0.15) is 110 Å². The van der Waals surface area contributed by atoms with Crippen LogP contribution in [0.2, 0.25) is 0 Å². The van der Waals surface area contributed by atoms with E-state index in [1.54, 1.807) is 20.8 Å². The van der Waals surface area contributed by atoms with E-state index < -0.39 is 29.1 Å². The van der Waals surface area contributed by atoms with Gasteiger partial charge in [-0.25, -0.2) is 9.86 Å². The van der Waals surface area contributed by atoms with Crippen LogP contribution in [0.15, 0.2) is 30.3 Å². The fourth-order valence-corrected chi connectivity index (χ4v) is 5.96. The summed E-state index contributed by atoms with van der Waals surface area (Å²) >= 11 is 7.19. The Labute approximate surface area is 250 Å². The first-order chi connectivity index (χ1) is 19.1. The van der Waals surface area contributed by atoms with Crippen molar-refractivity contribution in [2.75, 3.05) is 12.3 Å². The second kappa shape index (κ2) is 18.6. The number of carbonyl (C=O) groups is 3. The predicted octanol–water partition coefficient (Wildman–Crippen LogP) is 8.73. The number of thioether (sulfide) groups is 1. The highest BCUT2D eigenvalue weighted by Gasteiger charge is 2.41. The van der Waals surface area contributed by atoms with Crippen LogP contribution in [0.5, 0.6) is 0 Å². The van der Waals surface area contributed by atoms with E-state index in [-0.39, 0.29) is 18.3 Å². The summed E-state index contributed by atoms with van der Waals surface area (Å²) in [5, 5.41) is 0.336. The van der Waals surface area contributed by atoms with Crippen molar-refractivity contribution in [1.82, 2.24) is 9.96 Å². The van der Waals surface area contributed by atoms with Crippen LogP contribution >= 0.6 is 23.4 Å². The summed E-state index contributed by atoms with van der Waals surface area (Å²) in [4.78, 5) is 45.9. The van der Waals surface area contributed by atoms with Gasteiger partial charge >= 0.3 is 11.5 Å². The Hall–Kier alpha value is -1.77. The van der Waals surface area contributed by atoms with Gasteiger partial charge in [0, 0.05) is 12.3 Å². The summed E-state index contributed by atoms with van der Waals surface area (Å²) < 4.78 is 5.64. The molecule has 0 aromatic heterocycles. The van der Waals surface area contributed by atoms with Crippen LogP contribution < -0.4 is 0 Å². The van der Waals surface area contributed by atoms with Gasteiger partial charge in [0.25, 0.3) is 0 Å². The fraction of sp³-hybridized carbons (Fsp3) is 0.710. The number of likely N-dealkylation sites (tertiary alicyclic amines) is 1. The van der Waals surface area contributed by atoms with Crippen molar-refractivity contribution in [3.63, 3.8) is 0 Å². The third-order valence-electron chi connectivity index (χ3n) is 6.92. The number of carbonyl (C=O) groups excluding carboxylic acids is 3. The van der Waals surface area contributed by atoms with Crippen molar-refractivity contribution in [2.24, 2.45) is 0 Å². The Kier molecular flexibility index (Phi) is 16.0. The fourth-order valence-electron chi connectivity index (χ4n) is 4.79. The number of hydrogen-bond donors (Lipinski definition) is 0. The van der Waals surface area contributed by atoms with Gasteiger partial charge in [-0.2, -0.15) is 0 Å². The highest BCUT2D eigenvalue weighted by molar-refractivity contribution is 8.13.